The van der Waals surface area contributed by atoms with Crippen LogP contribution in [-0.2, 0) is 4.79 Å². The summed E-state index contributed by atoms with van der Waals surface area (Å²) in [4.78, 5) is 13.2. The lowest BCUT2D eigenvalue weighted by Gasteiger charge is -2.33. The first-order chi connectivity index (χ1) is 6.81. The number of rotatable bonds is 2. The molecule has 0 amide bonds. The summed E-state index contributed by atoms with van der Waals surface area (Å²) in [5, 5.41) is 0. The molecular formula is C12H21NO. The van der Waals surface area contributed by atoms with Gasteiger partial charge in [-0.1, -0.05) is 0 Å². The Hall–Kier alpha value is -0.370. The maximum absolute atomic E-state index is 10.6. The maximum Gasteiger partial charge on any atom is 0.123 e. The molecule has 0 bridgehead atoms. The van der Waals surface area contributed by atoms with Gasteiger partial charge in [0.1, 0.15) is 6.29 Å². The SMILES string of the molecule is CN1CCCC1C1CCC(C=O)CC1. The van der Waals surface area contributed by atoms with E-state index in [1.165, 1.54) is 32.2 Å². The molecule has 2 rings (SSSR count). The fraction of sp³-hybridized carbons (Fsp3) is 0.917. The molecule has 0 aromatic heterocycles. The Labute approximate surface area is 86.7 Å². The van der Waals surface area contributed by atoms with Gasteiger partial charge in [-0.15, -0.1) is 0 Å². The number of hydrogen-bond donors (Lipinski definition) is 0. The second-order valence-corrected chi connectivity index (χ2v) is 5.00. The van der Waals surface area contributed by atoms with Crippen molar-refractivity contribution in [2.75, 3.05) is 13.6 Å². The van der Waals surface area contributed by atoms with Gasteiger partial charge in [0.05, 0.1) is 0 Å². The van der Waals surface area contributed by atoms with Crippen LogP contribution in [0.2, 0.25) is 0 Å². The van der Waals surface area contributed by atoms with Gasteiger partial charge in [0.15, 0.2) is 0 Å². The topological polar surface area (TPSA) is 20.3 Å². The summed E-state index contributed by atoms with van der Waals surface area (Å²) in [5.41, 5.74) is 0. The lowest BCUT2D eigenvalue weighted by atomic mass is 9.78. The van der Waals surface area contributed by atoms with E-state index in [1.807, 2.05) is 0 Å². The highest BCUT2D eigenvalue weighted by atomic mass is 16.1. The molecule has 1 unspecified atom stereocenters. The van der Waals surface area contributed by atoms with Crippen LogP contribution in [-0.4, -0.2) is 30.8 Å². The van der Waals surface area contributed by atoms with Crippen molar-refractivity contribution in [1.82, 2.24) is 4.90 Å². The smallest absolute Gasteiger partial charge is 0.123 e. The summed E-state index contributed by atoms with van der Waals surface area (Å²) in [6.07, 6.45) is 8.74. The molecule has 14 heavy (non-hydrogen) atoms. The fourth-order valence-electron chi connectivity index (χ4n) is 3.20. The van der Waals surface area contributed by atoms with Gasteiger partial charge < -0.3 is 9.69 Å². The molecule has 2 heteroatoms. The molecule has 0 aromatic rings. The van der Waals surface area contributed by atoms with Crippen LogP contribution >= 0.6 is 0 Å². The second kappa shape index (κ2) is 4.43. The summed E-state index contributed by atoms with van der Waals surface area (Å²) in [6, 6.07) is 0.822. The molecular weight excluding hydrogens is 174 g/mol. The molecule has 1 heterocycles. The Bertz CT molecular complexity index is 196. The van der Waals surface area contributed by atoms with Crippen LogP contribution in [0.4, 0.5) is 0 Å². The molecule has 0 spiro atoms. The second-order valence-electron chi connectivity index (χ2n) is 5.00. The number of carbonyl (C=O) groups is 1. The maximum atomic E-state index is 10.6. The molecule has 0 radical (unpaired) electrons. The summed E-state index contributed by atoms with van der Waals surface area (Å²) in [5.74, 6) is 1.25. The first-order valence-corrected chi connectivity index (χ1v) is 5.97. The molecule has 1 aliphatic heterocycles. The van der Waals surface area contributed by atoms with Crippen LogP contribution in [0.5, 0.6) is 0 Å². The third kappa shape index (κ3) is 2.00. The minimum atomic E-state index is 0.373. The highest BCUT2D eigenvalue weighted by molar-refractivity contribution is 5.53. The van der Waals surface area contributed by atoms with Gasteiger partial charge in [-0.3, -0.25) is 0 Å². The van der Waals surface area contributed by atoms with Crippen molar-refractivity contribution < 1.29 is 4.79 Å². The fourth-order valence-corrected chi connectivity index (χ4v) is 3.20. The van der Waals surface area contributed by atoms with Gasteiger partial charge in [-0.25, -0.2) is 0 Å². The van der Waals surface area contributed by atoms with Crippen LogP contribution in [0.3, 0.4) is 0 Å². The largest absolute Gasteiger partial charge is 0.303 e. The van der Waals surface area contributed by atoms with Gasteiger partial charge in [0.2, 0.25) is 0 Å². The molecule has 2 aliphatic rings. The van der Waals surface area contributed by atoms with Crippen LogP contribution in [0.1, 0.15) is 38.5 Å². The number of likely N-dealkylation sites (tertiary alicyclic amines) is 1. The summed E-state index contributed by atoms with van der Waals surface area (Å²) in [6.45, 7) is 1.28. The molecule has 0 N–H and O–H groups in total. The Morgan fingerprint density at radius 3 is 2.36 bits per heavy atom. The highest BCUT2D eigenvalue weighted by Gasteiger charge is 2.32. The standard InChI is InChI=1S/C12H21NO/c1-13-8-2-3-12(13)11-6-4-10(9-14)5-7-11/h9-12H,2-8H2,1H3. The average molecular weight is 195 g/mol. The van der Waals surface area contributed by atoms with Crippen molar-refractivity contribution in [1.29, 1.82) is 0 Å². The normalized spacial score (nSPS) is 39.9. The van der Waals surface area contributed by atoms with Gasteiger partial charge in [0.25, 0.3) is 0 Å². The quantitative estimate of drug-likeness (QED) is 0.629. The van der Waals surface area contributed by atoms with Gasteiger partial charge >= 0.3 is 0 Å². The Balaban J connectivity index is 1.85. The predicted molar refractivity (Wildman–Crippen MR) is 57.2 cm³/mol. The van der Waals surface area contributed by atoms with Gasteiger partial charge in [0, 0.05) is 12.0 Å². The van der Waals surface area contributed by atoms with E-state index >= 15 is 0 Å². The lowest BCUT2D eigenvalue weighted by molar-refractivity contribution is -0.112. The zero-order chi connectivity index (χ0) is 9.97. The lowest BCUT2D eigenvalue weighted by Crippen LogP contribution is -2.34. The van der Waals surface area contributed by atoms with Crippen LogP contribution in [0.25, 0.3) is 0 Å². The minimum Gasteiger partial charge on any atom is -0.303 e. The van der Waals surface area contributed by atoms with Crippen LogP contribution in [0, 0.1) is 11.8 Å². The zero-order valence-corrected chi connectivity index (χ0v) is 9.11. The van der Waals surface area contributed by atoms with E-state index in [0.29, 0.717) is 5.92 Å². The number of aldehydes is 1. The molecule has 1 aliphatic carbocycles. The third-order valence-corrected chi connectivity index (χ3v) is 4.13. The number of nitrogens with zero attached hydrogens (tertiary/aromatic N) is 1. The number of hydrogen-bond acceptors (Lipinski definition) is 2. The molecule has 0 aromatic carbocycles. The van der Waals surface area contributed by atoms with Crippen LogP contribution in [0.15, 0.2) is 0 Å². The minimum absolute atomic E-state index is 0.373. The Morgan fingerprint density at radius 1 is 1.14 bits per heavy atom. The van der Waals surface area contributed by atoms with Gasteiger partial charge in [-0.2, -0.15) is 0 Å². The van der Waals surface area contributed by atoms with E-state index in [1.54, 1.807) is 0 Å². The highest BCUT2D eigenvalue weighted by Crippen LogP contribution is 2.35. The zero-order valence-electron chi connectivity index (χ0n) is 9.11. The first kappa shape index (κ1) is 10.2. The van der Waals surface area contributed by atoms with Crippen molar-refractivity contribution in [2.24, 2.45) is 11.8 Å². The summed E-state index contributed by atoms with van der Waals surface area (Å²) in [7, 11) is 2.25. The van der Waals surface area contributed by atoms with Crippen LogP contribution < -0.4 is 0 Å². The Morgan fingerprint density at radius 2 is 1.86 bits per heavy atom. The van der Waals surface area contributed by atoms with Gasteiger partial charge in [-0.05, 0) is 58.0 Å². The van der Waals surface area contributed by atoms with E-state index in [2.05, 4.69) is 11.9 Å². The van der Waals surface area contributed by atoms with E-state index in [4.69, 9.17) is 0 Å². The van der Waals surface area contributed by atoms with Crippen molar-refractivity contribution in [3.05, 3.63) is 0 Å². The van der Waals surface area contributed by atoms with E-state index in [0.717, 1.165) is 31.1 Å². The predicted octanol–water partition coefficient (Wildman–Crippen LogP) is 2.09. The monoisotopic (exact) mass is 195 g/mol. The molecule has 80 valence electrons. The Kier molecular flexibility index (Phi) is 3.22. The molecule has 1 saturated heterocycles. The first-order valence-electron chi connectivity index (χ1n) is 5.97. The van der Waals surface area contributed by atoms with E-state index < -0.39 is 0 Å². The number of carbonyl (C=O) groups excluding carboxylic acids is 1. The van der Waals surface area contributed by atoms with E-state index in [9.17, 15) is 4.79 Å². The summed E-state index contributed by atoms with van der Waals surface area (Å²) >= 11 is 0. The third-order valence-electron chi connectivity index (χ3n) is 4.13. The summed E-state index contributed by atoms with van der Waals surface area (Å²) < 4.78 is 0. The van der Waals surface area contributed by atoms with Crippen molar-refractivity contribution >= 4 is 6.29 Å². The molecule has 2 nitrogen and oxygen atoms in total. The average Bonchev–Trinajstić information content (AvgIpc) is 2.65. The molecule has 1 atom stereocenters. The van der Waals surface area contributed by atoms with Crippen molar-refractivity contribution in [3.8, 4) is 0 Å². The van der Waals surface area contributed by atoms with Crippen molar-refractivity contribution in [3.63, 3.8) is 0 Å². The van der Waals surface area contributed by atoms with E-state index in [-0.39, 0.29) is 0 Å². The molecule has 1 saturated carbocycles. The van der Waals surface area contributed by atoms with Crippen molar-refractivity contribution in [2.45, 2.75) is 44.6 Å². The molecule has 2 fully saturated rings.